The van der Waals surface area contributed by atoms with Gasteiger partial charge in [0.2, 0.25) is 5.91 Å². The standard InChI is InChI=1S/C29H25F3N2O3S/c1-21-11-8-9-18-26(21)28(22-12-4-2-5-13-22)33-27(35)20-34(38(36,37)25-16-6-3-7-17-25)24-15-10-14-23(19-24)29(30,31)32/h2-19,28H,20H2,1H3,(H,33,35). The molecule has 0 aliphatic heterocycles. The van der Waals surface area contributed by atoms with Crippen molar-refractivity contribution in [2.75, 3.05) is 10.8 Å². The lowest BCUT2D eigenvalue weighted by Crippen LogP contribution is -2.42. The van der Waals surface area contributed by atoms with Crippen LogP contribution >= 0.6 is 0 Å². The number of sulfonamides is 1. The maximum atomic E-state index is 13.6. The number of nitrogens with one attached hydrogen (secondary N) is 1. The third-order valence-corrected chi connectivity index (χ3v) is 7.81. The summed E-state index contributed by atoms with van der Waals surface area (Å²) < 4.78 is 68.2. The number of benzene rings is 4. The smallest absolute Gasteiger partial charge is 0.344 e. The molecule has 0 aliphatic carbocycles. The van der Waals surface area contributed by atoms with E-state index in [0.29, 0.717) is 4.31 Å². The van der Waals surface area contributed by atoms with Crippen molar-refractivity contribution < 1.29 is 26.4 Å². The maximum Gasteiger partial charge on any atom is 0.416 e. The second-order valence-corrected chi connectivity index (χ2v) is 10.5. The van der Waals surface area contributed by atoms with Crippen LogP contribution in [0.1, 0.15) is 28.3 Å². The third kappa shape index (κ3) is 6.06. The molecule has 0 saturated carbocycles. The Hall–Kier alpha value is -4.11. The summed E-state index contributed by atoms with van der Waals surface area (Å²) in [6.07, 6.45) is -4.69. The maximum absolute atomic E-state index is 13.6. The van der Waals surface area contributed by atoms with E-state index in [-0.39, 0.29) is 10.6 Å². The number of hydrogen-bond acceptors (Lipinski definition) is 3. The summed E-state index contributed by atoms with van der Waals surface area (Å²) in [5, 5.41) is 2.89. The first-order valence-electron chi connectivity index (χ1n) is 11.7. The molecule has 0 aromatic heterocycles. The number of amides is 1. The number of carbonyl (C=O) groups excluding carboxylic acids is 1. The van der Waals surface area contributed by atoms with Gasteiger partial charge in [-0.1, -0.05) is 78.9 Å². The van der Waals surface area contributed by atoms with Crippen LogP contribution in [-0.4, -0.2) is 20.9 Å². The van der Waals surface area contributed by atoms with Gasteiger partial charge in [-0.15, -0.1) is 0 Å². The molecule has 0 radical (unpaired) electrons. The zero-order valence-corrected chi connectivity index (χ0v) is 21.2. The molecule has 0 fully saturated rings. The van der Waals surface area contributed by atoms with Crippen molar-refractivity contribution >= 4 is 21.6 Å². The van der Waals surface area contributed by atoms with Crippen molar-refractivity contribution in [1.29, 1.82) is 0 Å². The first kappa shape index (κ1) is 26.9. The van der Waals surface area contributed by atoms with Gasteiger partial charge in [-0.05, 0) is 53.9 Å². The van der Waals surface area contributed by atoms with E-state index < -0.39 is 40.3 Å². The van der Waals surface area contributed by atoms with Gasteiger partial charge in [0.05, 0.1) is 22.2 Å². The number of halogens is 3. The van der Waals surface area contributed by atoms with Gasteiger partial charge in [0.25, 0.3) is 10.0 Å². The lowest BCUT2D eigenvalue weighted by Gasteiger charge is -2.27. The molecule has 1 unspecified atom stereocenters. The Bertz CT molecular complexity index is 1510. The minimum atomic E-state index is -4.69. The molecule has 196 valence electrons. The van der Waals surface area contributed by atoms with E-state index in [1.54, 1.807) is 6.07 Å². The van der Waals surface area contributed by atoms with Crippen LogP contribution in [0.2, 0.25) is 0 Å². The third-order valence-electron chi connectivity index (χ3n) is 6.02. The van der Waals surface area contributed by atoms with Crippen molar-refractivity contribution in [2.24, 2.45) is 0 Å². The highest BCUT2D eigenvalue weighted by Crippen LogP contribution is 2.33. The fourth-order valence-electron chi connectivity index (χ4n) is 4.11. The molecule has 0 spiro atoms. The fraction of sp³-hybridized carbons (Fsp3) is 0.138. The molecule has 38 heavy (non-hydrogen) atoms. The Morgan fingerprint density at radius 3 is 2.08 bits per heavy atom. The highest BCUT2D eigenvalue weighted by Gasteiger charge is 2.33. The first-order valence-corrected chi connectivity index (χ1v) is 13.2. The largest absolute Gasteiger partial charge is 0.416 e. The number of carbonyl (C=O) groups is 1. The second-order valence-electron chi connectivity index (χ2n) is 8.64. The molecule has 0 bridgehead atoms. The van der Waals surface area contributed by atoms with Gasteiger partial charge in [0.15, 0.2) is 0 Å². The molecule has 1 atom stereocenters. The highest BCUT2D eigenvalue weighted by molar-refractivity contribution is 7.92. The fourth-order valence-corrected chi connectivity index (χ4v) is 5.54. The van der Waals surface area contributed by atoms with Crippen molar-refractivity contribution in [1.82, 2.24) is 5.32 Å². The Balaban J connectivity index is 1.73. The summed E-state index contributed by atoms with van der Waals surface area (Å²) in [6, 6.07) is 27.2. The molecule has 9 heteroatoms. The molecule has 0 heterocycles. The molecule has 1 amide bonds. The highest BCUT2D eigenvalue weighted by atomic mass is 32.2. The summed E-state index contributed by atoms with van der Waals surface area (Å²) in [4.78, 5) is 13.3. The van der Waals surface area contributed by atoms with E-state index in [2.05, 4.69) is 5.32 Å². The molecule has 1 N–H and O–H groups in total. The molecule has 4 aromatic rings. The van der Waals surface area contributed by atoms with E-state index in [0.717, 1.165) is 34.9 Å². The number of aryl methyl sites for hydroxylation is 1. The minimum absolute atomic E-state index is 0.149. The summed E-state index contributed by atoms with van der Waals surface area (Å²) in [5.41, 5.74) is 1.19. The van der Waals surface area contributed by atoms with Crippen molar-refractivity contribution in [2.45, 2.75) is 24.0 Å². The van der Waals surface area contributed by atoms with Crippen LogP contribution in [0, 0.1) is 6.92 Å². The van der Waals surface area contributed by atoms with Crippen LogP contribution in [0.15, 0.2) is 114 Å². The van der Waals surface area contributed by atoms with Crippen molar-refractivity contribution in [3.8, 4) is 0 Å². The zero-order chi connectivity index (χ0) is 27.3. The molecule has 5 nitrogen and oxygen atoms in total. The van der Waals surface area contributed by atoms with Crippen LogP contribution in [0.3, 0.4) is 0 Å². The Labute approximate surface area is 219 Å². The summed E-state index contributed by atoms with van der Waals surface area (Å²) >= 11 is 0. The predicted octanol–water partition coefficient (Wildman–Crippen LogP) is 6.11. The van der Waals surface area contributed by atoms with E-state index in [1.807, 2.05) is 61.5 Å². The lowest BCUT2D eigenvalue weighted by atomic mass is 9.95. The average Bonchev–Trinajstić information content (AvgIpc) is 2.91. The van der Waals surface area contributed by atoms with Crippen LogP contribution in [0.25, 0.3) is 0 Å². The summed E-state index contributed by atoms with van der Waals surface area (Å²) in [7, 11) is -4.38. The van der Waals surface area contributed by atoms with Gasteiger partial charge in [-0.3, -0.25) is 9.10 Å². The molecule has 0 aliphatic rings. The van der Waals surface area contributed by atoms with E-state index in [1.165, 1.54) is 30.3 Å². The SMILES string of the molecule is Cc1ccccc1C(NC(=O)CN(c1cccc(C(F)(F)F)c1)S(=O)(=O)c1ccccc1)c1ccccc1. The minimum Gasteiger partial charge on any atom is -0.344 e. The Morgan fingerprint density at radius 1 is 0.842 bits per heavy atom. The molecular weight excluding hydrogens is 513 g/mol. The number of nitrogens with zero attached hydrogens (tertiary/aromatic N) is 1. The van der Waals surface area contributed by atoms with Gasteiger partial charge >= 0.3 is 6.18 Å². The Kier molecular flexibility index (Phi) is 7.87. The lowest BCUT2D eigenvalue weighted by molar-refractivity contribution is -0.137. The molecule has 4 rings (SSSR count). The topological polar surface area (TPSA) is 66.5 Å². The first-order chi connectivity index (χ1) is 18.1. The van der Waals surface area contributed by atoms with Gasteiger partial charge < -0.3 is 5.32 Å². The quantitative estimate of drug-likeness (QED) is 0.294. The normalized spacial score (nSPS) is 12.5. The predicted molar refractivity (Wildman–Crippen MR) is 140 cm³/mol. The monoisotopic (exact) mass is 538 g/mol. The van der Waals surface area contributed by atoms with Crippen LogP contribution in [0.4, 0.5) is 18.9 Å². The summed E-state index contributed by atoms with van der Waals surface area (Å²) in [6.45, 7) is 1.17. The van der Waals surface area contributed by atoms with E-state index in [9.17, 15) is 26.4 Å². The van der Waals surface area contributed by atoms with Gasteiger partial charge in [-0.2, -0.15) is 13.2 Å². The number of anilines is 1. The van der Waals surface area contributed by atoms with Crippen molar-refractivity contribution in [3.05, 3.63) is 131 Å². The van der Waals surface area contributed by atoms with Gasteiger partial charge in [0.1, 0.15) is 6.54 Å². The zero-order valence-electron chi connectivity index (χ0n) is 20.4. The molecule has 0 saturated heterocycles. The molecular formula is C29H25F3N2O3S. The van der Waals surface area contributed by atoms with Gasteiger partial charge in [0, 0.05) is 0 Å². The van der Waals surface area contributed by atoms with Crippen LogP contribution in [0.5, 0.6) is 0 Å². The second kappa shape index (κ2) is 11.1. The summed E-state index contributed by atoms with van der Waals surface area (Å²) in [5.74, 6) is -0.681. The van der Waals surface area contributed by atoms with E-state index in [4.69, 9.17) is 0 Å². The Morgan fingerprint density at radius 2 is 1.45 bits per heavy atom. The molecule has 4 aromatic carbocycles. The van der Waals surface area contributed by atoms with Crippen LogP contribution < -0.4 is 9.62 Å². The van der Waals surface area contributed by atoms with Crippen LogP contribution in [-0.2, 0) is 21.0 Å². The van der Waals surface area contributed by atoms with Crippen molar-refractivity contribution in [3.63, 3.8) is 0 Å². The average molecular weight is 539 g/mol. The number of hydrogen-bond donors (Lipinski definition) is 1. The number of rotatable bonds is 8. The van der Waals surface area contributed by atoms with E-state index >= 15 is 0 Å². The number of alkyl halides is 3. The van der Waals surface area contributed by atoms with Gasteiger partial charge in [-0.25, -0.2) is 8.42 Å².